The van der Waals surface area contributed by atoms with E-state index in [4.69, 9.17) is 10.6 Å². The fourth-order valence-corrected chi connectivity index (χ4v) is 1.08. The van der Waals surface area contributed by atoms with Crippen LogP contribution in [0.2, 0.25) is 0 Å². The largest absolute Gasteiger partial charge is 0.465 e. The summed E-state index contributed by atoms with van der Waals surface area (Å²) >= 11 is 0. The number of aromatic nitrogens is 2. The predicted octanol–water partition coefficient (Wildman–Crippen LogP) is 2.22. The Kier molecular flexibility index (Phi) is 4.33. The summed E-state index contributed by atoms with van der Waals surface area (Å²) in [6, 6.07) is 1.22. The first kappa shape index (κ1) is 14.5. The molecule has 1 heterocycles. The molecule has 0 saturated heterocycles. The van der Waals surface area contributed by atoms with Crippen molar-refractivity contribution >= 4 is 5.82 Å². The number of hydrogen-bond acceptors (Lipinski definition) is 5. The summed E-state index contributed by atoms with van der Waals surface area (Å²) in [5.74, 6) is 5.53. The molecule has 3 N–H and O–H groups in total. The van der Waals surface area contributed by atoms with Crippen LogP contribution in [0.15, 0.2) is 6.07 Å². The number of alkyl halides is 3. The molecular weight excluding hydrogens is 249 g/mol. The SMILES string of the molecule is CC(C)c1nc(NN)cc(OC(C)C(F)(F)F)n1. The maximum absolute atomic E-state index is 12.4. The van der Waals surface area contributed by atoms with Crippen LogP contribution in [0.4, 0.5) is 19.0 Å². The molecule has 18 heavy (non-hydrogen) atoms. The van der Waals surface area contributed by atoms with Gasteiger partial charge in [0.2, 0.25) is 5.88 Å². The Hall–Kier alpha value is -1.57. The molecule has 0 bridgehead atoms. The average molecular weight is 264 g/mol. The number of nitrogens with two attached hydrogens (primary N) is 1. The number of ether oxygens (including phenoxy) is 1. The van der Waals surface area contributed by atoms with Gasteiger partial charge in [0.15, 0.2) is 6.10 Å². The van der Waals surface area contributed by atoms with Gasteiger partial charge in [-0.05, 0) is 6.92 Å². The van der Waals surface area contributed by atoms with E-state index in [1.807, 2.05) is 13.8 Å². The number of hydrazine groups is 1. The Balaban J connectivity index is 2.98. The number of rotatable bonds is 4. The van der Waals surface area contributed by atoms with E-state index in [2.05, 4.69) is 15.4 Å². The summed E-state index contributed by atoms with van der Waals surface area (Å²) < 4.78 is 41.8. The van der Waals surface area contributed by atoms with Crippen molar-refractivity contribution in [3.8, 4) is 5.88 Å². The molecule has 0 radical (unpaired) electrons. The Bertz CT molecular complexity index is 409. The monoisotopic (exact) mass is 264 g/mol. The number of nitrogens with one attached hydrogen (secondary N) is 1. The second-order valence-electron chi connectivity index (χ2n) is 4.05. The smallest absolute Gasteiger partial charge is 0.425 e. The molecule has 0 amide bonds. The first-order chi connectivity index (χ1) is 8.24. The fraction of sp³-hybridized carbons (Fsp3) is 0.600. The predicted molar refractivity (Wildman–Crippen MR) is 60.1 cm³/mol. The molecule has 0 aliphatic rings. The van der Waals surface area contributed by atoms with E-state index in [1.54, 1.807) is 0 Å². The lowest BCUT2D eigenvalue weighted by atomic mass is 10.2. The van der Waals surface area contributed by atoms with Crippen molar-refractivity contribution in [2.75, 3.05) is 5.43 Å². The van der Waals surface area contributed by atoms with E-state index < -0.39 is 12.3 Å². The average Bonchev–Trinajstić information content (AvgIpc) is 2.27. The van der Waals surface area contributed by atoms with E-state index >= 15 is 0 Å². The van der Waals surface area contributed by atoms with Crippen LogP contribution >= 0.6 is 0 Å². The van der Waals surface area contributed by atoms with Crippen molar-refractivity contribution in [3.63, 3.8) is 0 Å². The molecule has 0 spiro atoms. The lowest BCUT2D eigenvalue weighted by Gasteiger charge is -2.18. The van der Waals surface area contributed by atoms with Gasteiger partial charge in [-0.2, -0.15) is 18.2 Å². The highest BCUT2D eigenvalue weighted by Gasteiger charge is 2.38. The minimum atomic E-state index is -4.45. The Morgan fingerprint density at radius 1 is 1.28 bits per heavy atom. The maximum atomic E-state index is 12.4. The first-order valence-corrected chi connectivity index (χ1v) is 5.33. The second kappa shape index (κ2) is 5.38. The number of anilines is 1. The van der Waals surface area contributed by atoms with Crippen LogP contribution in [0.1, 0.15) is 32.5 Å². The van der Waals surface area contributed by atoms with Gasteiger partial charge in [0.1, 0.15) is 11.6 Å². The molecule has 5 nitrogen and oxygen atoms in total. The molecule has 1 aromatic heterocycles. The van der Waals surface area contributed by atoms with Gasteiger partial charge in [-0.1, -0.05) is 13.8 Å². The second-order valence-corrected chi connectivity index (χ2v) is 4.05. The quantitative estimate of drug-likeness (QED) is 0.644. The summed E-state index contributed by atoms with van der Waals surface area (Å²) in [6.07, 6.45) is -6.39. The minimum absolute atomic E-state index is 0.0538. The van der Waals surface area contributed by atoms with Crippen molar-refractivity contribution in [3.05, 3.63) is 11.9 Å². The van der Waals surface area contributed by atoms with Gasteiger partial charge in [0.25, 0.3) is 0 Å². The van der Waals surface area contributed by atoms with E-state index in [0.717, 1.165) is 6.92 Å². The number of nitrogen functional groups attached to an aromatic ring is 1. The summed E-state index contributed by atoms with van der Waals surface area (Å²) in [5, 5.41) is 0. The van der Waals surface area contributed by atoms with Gasteiger partial charge >= 0.3 is 6.18 Å². The first-order valence-electron chi connectivity index (χ1n) is 5.33. The van der Waals surface area contributed by atoms with Gasteiger partial charge in [-0.3, -0.25) is 0 Å². The van der Waals surface area contributed by atoms with Crippen LogP contribution in [-0.2, 0) is 0 Å². The molecule has 0 aliphatic carbocycles. The van der Waals surface area contributed by atoms with E-state index in [0.29, 0.717) is 5.82 Å². The highest BCUT2D eigenvalue weighted by molar-refractivity contribution is 5.37. The summed E-state index contributed by atoms with van der Waals surface area (Å²) in [4.78, 5) is 7.92. The minimum Gasteiger partial charge on any atom is -0.465 e. The normalized spacial score (nSPS) is 13.6. The lowest BCUT2D eigenvalue weighted by Crippen LogP contribution is -2.31. The van der Waals surface area contributed by atoms with Gasteiger partial charge in [0.05, 0.1) is 0 Å². The van der Waals surface area contributed by atoms with Crippen LogP contribution in [0, 0.1) is 0 Å². The van der Waals surface area contributed by atoms with Crippen molar-refractivity contribution < 1.29 is 17.9 Å². The third kappa shape index (κ3) is 3.73. The van der Waals surface area contributed by atoms with E-state index in [1.165, 1.54) is 6.07 Å². The maximum Gasteiger partial charge on any atom is 0.425 e. The Labute approximate surface area is 103 Å². The van der Waals surface area contributed by atoms with E-state index in [-0.39, 0.29) is 17.6 Å². The van der Waals surface area contributed by atoms with Crippen LogP contribution in [0.5, 0.6) is 5.88 Å². The molecule has 1 unspecified atom stereocenters. The van der Waals surface area contributed by atoms with Gasteiger partial charge < -0.3 is 10.2 Å². The third-order valence-electron chi connectivity index (χ3n) is 2.14. The third-order valence-corrected chi connectivity index (χ3v) is 2.14. The van der Waals surface area contributed by atoms with Crippen molar-refractivity contribution in [2.45, 2.75) is 39.0 Å². The number of nitrogens with zero attached hydrogens (tertiary/aromatic N) is 2. The molecule has 0 saturated carbocycles. The molecule has 1 aromatic rings. The van der Waals surface area contributed by atoms with Crippen molar-refractivity contribution in [1.29, 1.82) is 0 Å². The van der Waals surface area contributed by atoms with Crippen LogP contribution in [-0.4, -0.2) is 22.2 Å². The van der Waals surface area contributed by atoms with Gasteiger partial charge in [-0.15, -0.1) is 0 Å². The van der Waals surface area contributed by atoms with Crippen LogP contribution in [0.3, 0.4) is 0 Å². The molecule has 0 fully saturated rings. The fourth-order valence-electron chi connectivity index (χ4n) is 1.08. The Morgan fingerprint density at radius 2 is 1.89 bits per heavy atom. The lowest BCUT2D eigenvalue weighted by molar-refractivity contribution is -0.190. The molecular formula is C10H15F3N4O. The van der Waals surface area contributed by atoms with E-state index in [9.17, 15) is 13.2 Å². The number of halogens is 3. The summed E-state index contributed by atoms with van der Waals surface area (Å²) in [6.45, 7) is 4.53. The zero-order valence-corrected chi connectivity index (χ0v) is 10.2. The Morgan fingerprint density at radius 3 is 2.33 bits per heavy atom. The number of hydrogen-bond donors (Lipinski definition) is 2. The van der Waals surface area contributed by atoms with Crippen molar-refractivity contribution in [1.82, 2.24) is 9.97 Å². The molecule has 0 aromatic carbocycles. The molecule has 102 valence electrons. The molecule has 8 heteroatoms. The highest BCUT2D eigenvalue weighted by Crippen LogP contribution is 2.25. The van der Waals surface area contributed by atoms with Crippen molar-refractivity contribution in [2.24, 2.45) is 5.84 Å². The highest BCUT2D eigenvalue weighted by atomic mass is 19.4. The molecule has 0 aliphatic heterocycles. The van der Waals surface area contributed by atoms with Gasteiger partial charge in [0, 0.05) is 12.0 Å². The summed E-state index contributed by atoms with van der Waals surface area (Å²) in [5.41, 5.74) is 2.26. The van der Waals surface area contributed by atoms with Crippen LogP contribution in [0.25, 0.3) is 0 Å². The molecule has 1 atom stereocenters. The zero-order valence-electron chi connectivity index (χ0n) is 10.2. The van der Waals surface area contributed by atoms with Gasteiger partial charge in [-0.25, -0.2) is 10.8 Å². The zero-order chi connectivity index (χ0) is 13.9. The topological polar surface area (TPSA) is 73.1 Å². The van der Waals surface area contributed by atoms with Crippen LogP contribution < -0.4 is 16.0 Å². The standard InChI is InChI=1S/C10H15F3N4O/c1-5(2)9-15-7(17-14)4-8(16-9)18-6(3)10(11,12)13/h4-6H,14H2,1-3H3,(H,15,16,17). The summed E-state index contributed by atoms with van der Waals surface area (Å²) in [7, 11) is 0. The molecule has 1 rings (SSSR count).